The fraction of sp³-hybridized carbons (Fsp3) is 0.286. The molecule has 0 unspecified atom stereocenters. The lowest BCUT2D eigenvalue weighted by Crippen LogP contribution is -2.11. The lowest BCUT2D eigenvalue weighted by Gasteiger charge is -2.20. The Morgan fingerprint density at radius 1 is 1.04 bits per heavy atom. The molecule has 0 radical (unpaired) electrons. The number of hydrogen-bond acceptors (Lipinski definition) is 2. The van der Waals surface area contributed by atoms with E-state index in [4.69, 9.17) is 4.74 Å². The Kier molecular flexibility index (Phi) is 5.32. The second-order valence-electron chi connectivity index (χ2n) is 6.10. The molecule has 1 atom stereocenters. The fourth-order valence-electron chi connectivity index (χ4n) is 2.73. The van der Waals surface area contributed by atoms with Crippen LogP contribution >= 0.6 is 0 Å². The summed E-state index contributed by atoms with van der Waals surface area (Å²) in [6.07, 6.45) is 7.62. The summed E-state index contributed by atoms with van der Waals surface area (Å²) in [7, 11) is 0. The first-order chi connectivity index (χ1) is 11.7. The van der Waals surface area contributed by atoms with Gasteiger partial charge in [0.2, 0.25) is 0 Å². The lowest BCUT2D eigenvalue weighted by atomic mass is 10.0. The monoisotopic (exact) mass is 320 g/mol. The molecule has 0 fully saturated rings. The highest BCUT2D eigenvalue weighted by Gasteiger charge is 2.14. The van der Waals surface area contributed by atoms with Gasteiger partial charge in [-0.15, -0.1) is 0 Å². The summed E-state index contributed by atoms with van der Waals surface area (Å²) in [4.78, 5) is 4.11. The number of aryl methyl sites for hydroxylation is 3. The zero-order chi connectivity index (χ0) is 16.8. The van der Waals surface area contributed by atoms with Gasteiger partial charge in [0, 0.05) is 25.4 Å². The first-order valence-corrected chi connectivity index (χ1v) is 8.52. The molecule has 0 N–H and O–H groups in total. The molecule has 0 saturated carbocycles. The van der Waals surface area contributed by atoms with Crippen molar-refractivity contribution in [3.63, 3.8) is 0 Å². The van der Waals surface area contributed by atoms with Crippen LogP contribution in [0.25, 0.3) is 0 Å². The number of hydrogen-bond donors (Lipinski definition) is 0. The Morgan fingerprint density at radius 3 is 2.42 bits per heavy atom. The van der Waals surface area contributed by atoms with Crippen molar-refractivity contribution in [3.8, 4) is 5.75 Å². The average Bonchev–Trinajstić information content (AvgIpc) is 3.13. The minimum Gasteiger partial charge on any atom is -0.486 e. The van der Waals surface area contributed by atoms with E-state index in [-0.39, 0.29) is 6.10 Å². The number of benzene rings is 2. The van der Waals surface area contributed by atoms with E-state index in [9.17, 15) is 0 Å². The van der Waals surface area contributed by atoms with Crippen LogP contribution in [0.3, 0.4) is 0 Å². The van der Waals surface area contributed by atoms with Crippen LogP contribution in [0.5, 0.6) is 5.75 Å². The van der Waals surface area contributed by atoms with Gasteiger partial charge >= 0.3 is 0 Å². The van der Waals surface area contributed by atoms with Gasteiger partial charge in [0.15, 0.2) is 0 Å². The molecule has 1 aromatic heterocycles. The maximum absolute atomic E-state index is 6.30. The Bertz CT molecular complexity index is 731. The molecule has 2 aromatic carbocycles. The second kappa shape index (κ2) is 7.82. The van der Waals surface area contributed by atoms with E-state index in [0.717, 1.165) is 25.1 Å². The van der Waals surface area contributed by atoms with Gasteiger partial charge in [-0.2, -0.15) is 0 Å². The number of rotatable bonds is 7. The molecule has 0 aliphatic rings. The minimum atomic E-state index is 0.0282. The average molecular weight is 320 g/mol. The van der Waals surface area contributed by atoms with E-state index >= 15 is 0 Å². The smallest absolute Gasteiger partial charge is 0.125 e. The predicted molar refractivity (Wildman–Crippen MR) is 97.2 cm³/mol. The molecule has 3 rings (SSSR count). The fourth-order valence-corrected chi connectivity index (χ4v) is 2.73. The van der Waals surface area contributed by atoms with Crippen molar-refractivity contribution in [2.75, 3.05) is 0 Å². The summed E-state index contributed by atoms with van der Waals surface area (Å²) in [5.41, 5.74) is 3.80. The highest BCUT2D eigenvalue weighted by Crippen LogP contribution is 2.26. The molecular weight excluding hydrogens is 296 g/mol. The van der Waals surface area contributed by atoms with Crippen LogP contribution < -0.4 is 4.74 Å². The number of nitrogens with zero attached hydrogens (tertiary/aromatic N) is 2. The highest BCUT2D eigenvalue weighted by molar-refractivity contribution is 5.29. The number of imidazole rings is 1. The third-order valence-corrected chi connectivity index (χ3v) is 4.27. The number of ether oxygens (including phenoxy) is 1. The predicted octanol–water partition coefficient (Wildman–Crippen LogP) is 4.96. The van der Waals surface area contributed by atoms with Gasteiger partial charge in [-0.3, -0.25) is 0 Å². The molecule has 0 aliphatic carbocycles. The molecule has 0 spiro atoms. The Balaban J connectivity index is 1.76. The molecule has 0 saturated heterocycles. The van der Waals surface area contributed by atoms with Crippen LogP contribution in [0.4, 0.5) is 0 Å². The first kappa shape index (κ1) is 16.3. The molecule has 3 heteroatoms. The summed E-state index contributed by atoms with van der Waals surface area (Å²) >= 11 is 0. The van der Waals surface area contributed by atoms with Gasteiger partial charge in [-0.05, 0) is 36.6 Å². The van der Waals surface area contributed by atoms with Crippen LogP contribution in [0.1, 0.15) is 36.1 Å². The van der Waals surface area contributed by atoms with Crippen molar-refractivity contribution in [1.82, 2.24) is 9.55 Å². The van der Waals surface area contributed by atoms with E-state index in [0.29, 0.717) is 0 Å². The van der Waals surface area contributed by atoms with Crippen molar-refractivity contribution in [2.24, 2.45) is 0 Å². The quantitative estimate of drug-likeness (QED) is 0.615. The normalized spacial score (nSPS) is 12.1. The third kappa shape index (κ3) is 4.25. The van der Waals surface area contributed by atoms with E-state index < -0.39 is 0 Å². The molecule has 124 valence electrons. The van der Waals surface area contributed by atoms with Crippen molar-refractivity contribution in [1.29, 1.82) is 0 Å². The minimum absolute atomic E-state index is 0.0282. The molecule has 0 amide bonds. The van der Waals surface area contributed by atoms with Crippen LogP contribution in [-0.2, 0) is 13.0 Å². The van der Waals surface area contributed by atoms with E-state index in [2.05, 4.69) is 71.9 Å². The van der Waals surface area contributed by atoms with Crippen molar-refractivity contribution >= 4 is 0 Å². The van der Waals surface area contributed by atoms with Crippen LogP contribution in [-0.4, -0.2) is 9.55 Å². The maximum Gasteiger partial charge on any atom is 0.125 e. The van der Waals surface area contributed by atoms with E-state index in [1.54, 1.807) is 0 Å². The zero-order valence-electron chi connectivity index (χ0n) is 14.4. The van der Waals surface area contributed by atoms with Gasteiger partial charge in [-0.25, -0.2) is 4.98 Å². The van der Waals surface area contributed by atoms with Crippen molar-refractivity contribution < 1.29 is 4.74 Å². The zero-order valence-corrected chi connectivity index (χ0v) is 14.4. The molecule has 0 bridgehead atoms. The Labute approximate surface area is 143 Å². The van der Waals surface area contributed by atoms with Gasteiger partial charge in [0.1, 0.15) is 11.9 Å². The summed E-state index contributed by atoms with van der Waals surface area (Å²) < 4.78 is 8.39. The van der Waals surface area contributed by atoms with E-state index in [1.807, 2.05) is 18.7 Å². The van der Waals surface area contributed by atoms with Crippen LogP contribution in [0.15, 0.2) is 67.3 Å². The summed E-state index contributed by atoms with van der Waals surface area (Å²) in [6.45, 7) is 5.15. The number of aromatic nitrogens is 2. The molecule has 24 heavy (non-hydrogen) atoms. The summed E-state index contributed by atoms with van der Waals surface area (Å²) in [5.74, 6) is 0.920. The van der Waals surface area contributed by atoms with Crippen molar-refractivity contribution in [2.45, 2.75) is 39.3 Å². The maximum atomic E-state index is 6.30. The molecular formula is C21H24N2O. The molecule has 1 heterocycles. The highest BCUT2D eigenvalue weighted by atomic mass is 16.5. The van der Waals surface area contributed by atoms with Gasteiger partial charge in [0.25, 0.3) is 0 Å². The Hall–Kier alpha value is -2.55. The largest absolute Gasteiger partial charge is 0.486 e. The van der Waals surface area contributed by atoms with E-state index in [1.165, 1.54) is 16.7 Å². The summed E-state index contributed by atoms with van der Waals surface area (Å²) in [5, 5.41) is 0. The summed E-state index contributed by atoms with van der Waals surface area (Å²) in [6, 6.07) is 17.0. The molecule has 3 aromatic rings. The standard InChI is InChI=1S/C21H24N2O/c1-3-18-6-10-20(11-7-18)24-21(12-14-23-15-13-22-16-23)19-8-4-17(2)5-9-19/h4-11,13,15-16,21H,3,12,14H2,1-2H3/t21-/m1/s1. The Morgan fingerprint density at radius 2 is 1.79 bits per heavy atom. The molecule has 3 nitrogen and oxygen atoms in total. The second-order valence-corrected chi connectivity index (χ2v) is 6.10. The van der Waals surface area contributed by atoms with Gasteiger partial charge in [-0.1, -0.05) is 48.9 Å². The topological polar surface area (TPSA) is 27.1 Å². The lowest BCUT2D eigenvalue weighted by molar-refractivity contribution is 0.188. The van der Waals surface area contributed by atoms with Crippen molar-refractivity contribution in [3.05, 3.63) is 83.9 Å². The SMILES string of the molecule is CCc1ccc(O[C@H](CCn2ccnc2)c2ccc(C)cc2)cc1. The van der Waals surface area contributed by atoms with Crippen LogP contribution in [0.2, 0.25) is 0 Å². The third-order valence-electron chi connectivity index (χ3n) is 4.27. The van der Waals surface area contributed by atoms with Crippen LogP contribution in [0, 0.1) is 6.92 Å². The van der Waals surface area contributed by atoms with Gasteiger partial charge in [0.05, 0.1) is 6.33 Å². The molecule has 0 aliphatic heterocycles. The first-order valence-electron chi connectivity index (χ1n) is 8.52. The van der Waals surface area contributed by atoms with Gasteiger partial charge < -0.3 is 9.30 Å².